The van der Waals surface area contributed by atoms with Gasteiger partial charge in [0.05, 0.1) is 25.3 Å². The summed E-state index contributed by atoms with van der Waals surface area (Å²) in [6.45, 7) is 8.77. The second-order valence-electron chi connectivity index (χ2n) is 11.1. The molecule has 4 aliphatic heterocycles. The number of likely N-dealkylation sites (N-methyl/N-ethyl adjacent to an activating group) is 1. The van der Waals surface area contributed by atoms with Crippen LogP contribution in [0.3, 0.4) is 0 Å². The van der Waals surface area contributed by atoms with E-state index >= 15 is 0 Å². The third-order valence-corrected chi connectivity index (χ3v) is 9.14. The van der Waals surface area contributed by atoms with Crippen LogP contribution in [-0.4, -0.2) is 75.9 Å². The molecule has 2 bridgehead atoms. The lowest BCUT2D eigenvalue weighted by Crippen LogP contribution is -2.68. The number of benzene rings is 2. The van der Waals surface area contributed by atoms with Gasteiger partial charge in [0, 0.05) is 48.0 Å². The average molecular weight is 563 g/mol. The van der Waals surface area contributed by atoms with E-state index in [1.54, 1.807) is 20.3 Å². The Morgan fingerprint density at radius 1 is 1.10 bits per heavy atom. The van der Waals surface area contributed by atoms with Crippen LogP contribution in [0.15, 0.2) is 18.7 Å². The molecule has 2 aromatic rings. The predicted octanol–water partition coefficient (Wildman–Crippen LogP) is 3.32. The molecule has 41 heavy (non-hydrogen) atoms. The Bertz CT molecular complexity index is 1420. The number of rotatable bonds is 8. The van der Waals surface area contributed by atoms with Crippen LogP contribution in [0, 0.1) is 25.2 Å². The van der Waals surface area contributed by atoms with Gasteiger partial charge in [-0.15, -0.1) is 0 Å². The minimum atomic E-state index is -0.390. The zero-order valence-corrected chi connectivity index (χ0v) is 24.4. The number of hydrogen-bond donors (Lipinski definition) is 1. The quantitative estimate of drug-likeness (QED) is 0.380. The Morgan fingerprint density at radius 3 is 2.56 bits per heavy atom. The first-order chi connectivity index (χ1) is 19.9. The van der Waals surface area contributed by atoms with Crippen LogP contribution >= 0.6 is 0 Å². The largest absolute Gasteiger partial charge is 0.493 e. The highest BCUT2D eigenvalue weighted by atomic mass is 16.7. The summed E-state index contributed by atoms with van der Waals surface area (Å²) >= 11 is 0. The maximum absolute atomic E-state index is 10.7. The van der Waals surface area contributed by atoms with E-state index in [-0.39, 0.29) is 37.8 Å². The Balaban J connectivity index is 1.60. The lowest BCUT2D eigenvalue weighted by Gasteiger charge is -2.60. The number of hydrogen-bond acceptors (Lipinski definition) is 10. The molecule has 0 unspecified atom stereocenters. The van der Waals surface area contributed by atoms with E-state index in [4.69, 9.17) is 34.2 Å². The molecule has 0 spiro atoms. The van der Waals surface area contributed by atoms with Crippen LogP contribution in [-0.2, 0) is 17.6 Å². The number of nitriles is 1. The summed E-state index contributed by atoms with van der Waals surface area (Å²) in [6, 6.07) is 3.94. The van der Waals surface area contributed by atoms with Crippen LogP contribution in [0.4, 0.5) is 0 Å². The van der Waals surface area contributed by atoms with Gasteiger partial charge in [-0.05, 0) is 44.9 Å². The van der Waals surface area contributed by atoms with Gasteiger partial charge in [-0.2, -0.15) is 5.26 Å². The standard InChI is InChI=1S/C31H38N4O6/c1-7-8-38-28-17(3)29-31(41-15-40-29)25-19(28)11-21-26-24-18(9-16(2)27(37-6)30(24)39-14-36-5)10-20(34(26)4)22(12-32)35(21)23(25)13-33/h7,9,20-23,26H,1,8,10-11,13-15,33H2,2-6H3/t20-,21-,22-,23-,26-/m0/s1. The third kappa shape index (κ3) is 3.98. The molecule has 10 heteroatoms. The molecule has 5 atom stereocenters. The Morgan fingerprint density at radius 2 is 1.88 bits per heavy atom. The van der Waals surface area contributed by atoms with E-state index in [1.165, 1.54) is 5.56 Å². The van der Waals surface area contributed by atoms with Crippen molar-refractivity contribution in [1.29, 1.82) is 5.26 Å². The first-order valence-corrected chi connectivity index (χ1v) is 14.0. The fourth-order valence-electron chi connectivity index (χ4n) is 7.64. The maximum Gasteiger partial charge on any atom is 0.231 e. The molecule has 0 radical (unpaired) electrons. The van der Waals surface area contributed by atoms with Crippen molar-refractivity contribution in [3.8, 4) is 34.8 Å². The van der Waals surface area contributed by atoms with Crippen molar-refractivity contribution >= 4 is 0 Å². The predicted molar refractivity (Wildman–Crippen MR) is 152 cm³/mol. The van der Waals surface area contributed by atoms with Gasteiger partial charge in [0.25, 0.3) is 0 Å². The number of nitrogens with two attached hydrogens (primary N) is 1. The van der Waals surface area contributed by atoms with Gasteiger partial charge in [-0.1, -0.05) is 18.7 Å². The summed E-state index contributed by atoms with van der Waals surface area (Å²) in [5.41, 5.74) is 12.7. The number of fused-ring (bicyclic) bond motifs is 9. The zero-order valence-electron chi connectivity index (χ0n) is 24.4. The van der Waals surface area contributed by atoms with Crippen molar-refractivity contribution in [2.45, 2.75) is 56.9 Å². The molecule has 2 N–H and O–H groups in total. The van der Waals surface area contributed by atoms with Gasteiger partial charge < -0.3 is 34.2 Å². The van der Waals surface area contributed by atoms with E-state index in [0.29, 0.717) is 49.0 Å². The molecule has 0 aromatic heterocycles. The maximum atomic E-state index is 10.7. The van der Waals surface area contributed by atoms with E-state index in [9.17, 15) is 5.26 Å². The van der Waals surface area contributed by atoms with Crippen LogP contribution in [0.25, 0.3) is 0 Å². The molecule has 4 heterocycles. The van der Waals surface area contributed by atoms with Gasteiger partial charge in [-0.25, -0.2) is 0 Å². The fourth-order valence-corrected chi connectivity index (χ4v) is 7.64. The molecule has 4 aliphatic rings. The molecule has 0 aliphatic carbocycles. The summed E-state index contributed by atoms with van der Waals surface area (Å²) in [4.78, 5) is 4.66. The topological polar surface area (TPSA) is 112 Å². The summed E-state index contributed by atoms with van der Waals surface area (Å²) in [5.74, 6) is 3.55. The summed E-state index contributed by atoms with van der Waals surface area (Å²) < 4.78 is 35.8. The normalized spacial score (nSPS) is 25.9. The van der Waals surface area contributed by atoms with Gasteiger partial charge in [-0.3, -0.25) is 9.80 Å². The van der Waals surface area contributed by atoms with Gasteiger partial charge in [0.1, 0.15) is 18.4 Å². The van der Waals surface area contributed by atoms with Gasteiger partial charge in [0.2, 0.25) is 6.79 Å². The van der Waals surface area contributed by atoms with Crippen molar-refractivity contribution in [1.82, 2.24) is 9.80 Å². The highest BCUT2D eigenvalue weighted by Crippen LogP contribution is 2.58. The van der Waals surface area contributed by atoms with E-state index in [1.807, 2.05) is 13.8 Å². The summed E-state index contributed by atoms with van der Waals surface area (Å²) in [7, 11) is 5.38. The molecule has 218 valence electrons. The third-order valence-electron chi connectivity index (χ3n) is 9.14. The number of aryl methyl sites for hydroxylation is 1. The smallest absolute Gasteiger partial charge is 0.231 e. The molecule has 6 rings (SSSR count). The number of ether oxygens (including phenoxy) is 6. The van der Waals surface area contributed by atoms with Gasteiger partial charge >= 0.3 is 0 Å². The molecular weight excluding hydrogens is 524 g/mol. The average Bonchev–Trinajstić information content (AvgIpc) is 3.46. The van der Waals surface area contributed by atoms with Crippen molar-refractivity contribution in [2.75, 3.05) is 48.0 Å². The van der Waals surface area contributed by atoms with Crippen molar-refractivity contribution < 1.29 is 28.4 Å². The van der Waals surface area contributed by atoms with Gasteiger partial charge in [0.15, 0.2) is 29.8 Å². The van der Waals surface area contributed by atoms with Crippen LogP contribution in [0.5, 0.6) is 28.7 Å². The lowest BCUT2D eigenvalue weighted by atomic mass is 9.71. The summed E-state index contributed by atoms with van der Waals surface area (Å²) in [6.07, 6.45) is 3.05. The van der Waals surface area contributed by atoms with Crippen LogP contribution < -0.4 is 29.4 Å². The van der Waals surface area contributed by atoms with E-state index in [2.05, 4.69) is 35.6 Å². The van der Waals surface area contributed by atoms with Crippen molar-refractivity contribution in [3.63, 3.8) is 0 Å². The number of nitrogens with zero attached hydrogens (tertiary/aromatic N) is 3. The Kier molecular flexibility index (Phi) is 7.24. The van der Waals surface area contributed by atoms with Crippen molar-refractivity contribution in [3.05, 3.63) is 52.1 Å². The first kappa shape index (κ1) is 27.7. The highest BCUT2D eigenvalue weighted by Gasteiger charge is 2.56. The first-order valence-electron chi connectivity index (χ1n) is 14.0. The minimum absolute atomic E-state index is 0.0421. The van der Waals surface area contributed by atoms with Crippen LogP contribution in [0.1, 0.15) is 45.5 Å². The van der Waals surface area contributed by atoms with Crippen molar-refractivity contribution in [2.24, 2.45) is 5.73 Å². The van der Waals surface area contributed by atoms with E-state index in [0.717, 1.165) is 33.6 Å². The highest BCUT2D eigenvalue weighted by molar-refractivity contribution is 5.66. The molecule has 1 saturated heterocycles. The number of piperazine rings is 1. The molecule has 10 nitrogen and oxygen atoms in total. The Labute approximate surface area is 241 Å². The second kappa shape index (κ2) is 10.7. The molecule has 1 fully saturated rings. The second-order valence-corrected chi connectivity index (χ2v) is 11.1. The van der Waals surface area contributed by atoms with Crippen LogP contribution in [0.2, 0.25) is 0 Å². The number of methoxy groups -OCH3 is 2. The molecule has 2 aromatic carbocycles. The monoisotopic (exact) mass is 562 g/mol. The summed E-state index contributed by atoms with van der Waals surface area (Å²) in [5, 5.41) is 10.7. The minimum Gasteiger partial charge on any atom is -0.493 e. The SMILES string of the molecule is C=CCOc1c(C)c2c(c3c1C[C@H]1[C@H]4c5c(cc(C)c(OC)c5OCOC)C[C@@H]([C@H](C#N)N1[C@H]3CN)N4C)OCO2. The fraction of sp³-hybridized carbons (Fsp3) is 0.516. The lowest BCUT2D eigenvalue weighted by molar-refractivity contribution is -0.0719. The molecule has 0 saturated carbocycles. The Hall–Kier alpha value is -3.49. The molecule has 0 amide bonds. The van der Waals surface area contributed by atoms with E-state index < -0.39 is 6.04 Å². The zero-order chi connectivity index (χ0) is 29.0. The molecular formula is C31H38N4O6.